The Labute approximate surface area is 91.8 Å². The Balaban J connectivity index is 2.59. The van der Waals surface area contributed by atoms with E-state index >= 15 is 0 Å². The summed E-state index contributed by atoms with van der Waals surface area (Å²) in [5.74, 6) is -0.870. The summed E-state index contributed by atoms with van der Waals surface area (Å²) >= 11 is 1.62. The van der Waals surface area contributed by atoms with Crippen molar-refractivity contribution in [2.45, 2.75) is 6.92 Å². The van der Waals surface area contributed by atoms with Crippen LogP contribution in [0.15, 0.2) is 35.7 Å². The zero-order chi connectivity index (χ0) is 10.8. The number of carbonyl (C=O) groups is 1. The fourth-order valence-corrected chi connectivity index (χ4v) is 2.38. The van der Waals surface area contributed by atoms with Crippen molar-refractivity contribution in [1.29, 1.82) is 0 Å². The average Bonchev–Trinajstić information content (AvgIpc) is 2.70. The van der Waals surface area contributed by atoms with Crippen LogP contribution >= 0.6 is 11.3 Å². The summed E-state index contributed by atoms with van der Waals surface area (Å²) in [4.78, 5) is 12.1. The van der Waals surface area contributed by atoms with E-state index in [0.717, 1.165) is 16.0 Å². The highest BCUT2D eigenvalue weighted by Gasteiger charge is 2.11. The van der Waals surface area contributed by atoms with Crippen molar-refractivity contribution < 1.29 is 9.90 Å². The molecule has 0 amide bonds. The molecule has 1 aromatic carbocycles. The van der Waals surface area contributed by atoms with Crippen LogP contribution in [-0.2, 0) is 0 Å². The molecule has 0 aliphatic rings. The predicted molar refractivity (Wildman–Crippen MR) is 61.5 cm³/mol. The minimum atomic E-state index is -0.870. The molecule has 0 aliphatic carbocycles. The lowest BCUT2D eigenvalue weighted by molar-refractivity contribution is 0.0696. The summed E-state index contributed by atoms with van der Waals surface area (Å²) < 4.78 is 0. The zero-order valence-corrected chi connectivity index (χ0v) is 9.04. The first-order chi connectivity index (χ1) is 7.20. The highest BCUT2D eigenvalue weighted by Crippen LogP contribution is 2.29. The monoisotopic (exact) mass is 218 g/mol. The Bertz CT molecular complexity index is 486. The Kier molecular flexibility index (Phi) is 2.56. The van der Waals surface area contributed by atoms with Gasteiger partial charge in [-0.15, -0.1) is 11.3 Å². The number of thiophene rings is 1. The molecule has 0 bridgehead atoms. The summed E-state index contributed by atoms with van der Waals surface area (Å²) in [6.07, 6.45) is 0. The number of hydrogen-bond acceptors (Lipinski definition) is 2. The van der Waals surface area contributed by atoms with Gasteiger partial charge in [-0.05, 0) is 35.6 Å². The predicted octanol–water partition coefficient (Wildman–Crippen LogP) is 3.42. The van der Waals surface area contributed by atoms with Gasteiger partial charge in [0.05, 0.1) is 5.56 Å². The zero-order valence-electron chi connectivity index (χ0n) is 8.23. The first-order valence-corrected chi connectivity index (χ1v) is 5.45. The van der Waals surface area contributed by atoms with Gasteiger partial charge in [-0.3, -0.25) is 0 Å². The minimum absolute atomic E-state index is 0.376. The molecule has 15 heavy (non-hydrogen) atoms. The molecule has 0 unspecified atom stereocenters. The van der Waals surface area contributed by atoms with Crippen LogP contribution in [0.4, 0.5) is 0 Å². The Morgan fingerprint density at radius 2 is 2.07 bits per heavy atom. The lowest BCUT2D eigenvalue weighted by atomic mass is 10.0. The van der Waals surface area contributed by atoms with Gasteiger partial charge in [0.2, 0.25) is 0 Å². The molecular formula is C12H10O2S. The van der Waals surface area contributed by atoms with E-state index < -0.39 is 5.97 Å². The molecule has 1 aromatic heterocycles. The summed E-state index contributed by atoms with van der Waals surface area (Å²) in [7, 11) is 0. The highest BCUT2D eigenvalue weighted by atomic mass is 32.1. The molecular weight excluding hydrogens is 208 g/mol. The summed E-state index contributed by atoms with van der Waals surface area (Å²) in [6.45, 7) is 1.85. The number of carboxylic acid groups (broad SMARTS) is 1. The highest BCUT2D eigenvalue weighted by molar-refractivity contribution is 7.13. The largest absolute Gasteiger partial charge is 0.478 e. The molecule has 0 radical (unpaired) electrons. The van der Waals surface area contributed by atoms with Crippen LogP contribution in [0.25, 0.3) is 10.4 Å². The van der Waals surface area contributed by atoms with Crippen LogP contribution < -0.4 is 0 Å². The molecule has 0 fully saturated rings. The van der Waals surface area contributed by atoms with Crippen molar-refractivity contribution in [3.8, 4) is 10.4 Å². The van der Waals surface area contributed by atoms with Crippen LogP contribution in [0.2, 0.25) is 0 Å². The fourth-order valence-electron chi connectivity index (χ4n) is 1.57. The molecule has 1 heterocycles. The second kappa shape index (κ2) is 3.87. The van der Waals surface area contributed by atoms with Crippen LogP contribution in [0.5, 0.6) is 0 Å². The van der Waals surface area contributed by atoms with Gasteiger partial charge >= 0.3 is 5.97 Å². The van der Waals surface area contributed by atoms with E-state index in [1.54, 1.807) is 23.5 Å². The third-order valence-electron chi connectivity index (χ3n) is 2.35. The molecule has 2 nitrogen and oxygen atoms in total. The number of benzene rings is 1. The Hall–Kier alpha value is -1.61. The van der Waals surface area contributed by atoms with E-state index in [1.807, 2.05) is 30.5 Å². The van der Waals surface area contributed by atoms with Gasteiger partial charge in [0.15, 0.2) is 0 Å². The maximum atomic E-state index is 10.9. The molecule has 0 saturated carbocycles. The van der Waals surface area contributed by atoms with Crippen LogP contribution in [0, 0.1) is 6.92 Å². The molecule has 0 atom stereocenters. The molecule has 1 N–H and O–H groups in total. The third kappa shape index (κ3) is 1.78. The smallest absolute Gasteiger partial charge is 0.335 e. The maximum absolute atomic E-state index is 10.9. The van der Waals surface area contributed by atoms with Gasteiger partial charge < -0.3 is 5.11 Å². The number of rotatable bonds is 2. The second-order valence-electron chi connectivity index (χ2n) is 3.26. The SMILES string of the molecule is Cc1c(C(=O)O)cccc1-c1cccs1. The third-order valence-corrected chi connectivity index (χ3v) is 3.25. The van der Waals surface area contributed by atoms with E-state index in [1.165, 1.54) is 0 Å². The molecule has 0 saturated heterocycles. The first-order valence-electron chi connectivity index (χ1n) is 4.57. The lowest BCUT2D eigenvalue weighted by Gasteiger charge is -2.06. The van der Waals surface area contributed by atoms with Crippen LogP contribution in [-0.4, -0.2) is 11.1 Å². The van der Waals surface area contributed by atoms with E-state index in [0.29, 0.717) is 5.56 Å². The van der Waals surface area contributed by atoms with E-state index in [9.17, 15) is 4.79 Å². The first kappa shape index (κ1) is 9.93. The molecule has 2 aromatic rings. The number of hydrogen-bond donors (Lipinski definition) is 1. The van der Waals surface area contributed by atoms with Gasteiger partial charge in [-0.25, -0.2) is 4.79 Å². The molecule has 0 aliphatic heterocycles. The van der Waals surface area contributed by atoms with Gasteiger partial charge in [0, 0.05) is 4.88 Å². The second-order valence-corrected chi connectivity index (χ2v) is 4.21. The standard InChI is InChI=1S/C12H10O2S/c1-8-9(11-6-3-7-15-11)4-2-5-10(8)12(13)14/h2-7H,1H3,(H,13,14). The lowest BCUT2D eigenvalue weighted by Crippen LogP contribution is -2.00. The van der Waals surface area contributed by atoms with Gasteiger partial charge in [0.1, 0.15) is 0 Å². The van der Waals surface area contributed by atoms with E-state index in [2.05, 4.69) is 0 Å². The van der Waals surface area contributed by atoms with Gasteiger partial charge in [0.25, 0.3) is 0 Å². The van der Waals surface area contributed by atoms with Crippen molar-refractivity contribution in [2.75, 3.05) is 0 Å². The van der Waals surface area contributed by atoms with Crippen LogP contribution in [0.1, 0.15) is 15.9 Å². The quantitative estimate of drug-likeness (QED) is 0.838. The van der Waals surface area contributed by atoms with Gasteiger partial charge in [-0.1, -0.05) is 18.2 Å². The number of carboxylic acids is 1. The molecule has 76 valence electrons. The normalized spacial score (nSPS) is 10.2. The van der Waals surface area contributed by atoms with Crippen molar-refractivity contribution in [3.05, 3.63) is 46.8 Å². The Morgan fingerprint density at radius 1 is 1.27 bits per heavy atom. The van der Waals surface area contributed by atoms with Crippen LogP contribution in [0.3, 0.4) is 0 Å². The summed E-state index contributed by atoms with van der Waals surface area (Å²) in [5, 5.41) is 11.0. The summed E-state index contributed by atoms with van der Waals surface area (Å²) in [6, 6.07) is 9.33. The topological polar surface area (TPSA) is 37.3 Å². The van der Waals surface area contributed by atoms with Crippen molar-refractivity contribution in [3.63, 3.8) is 0 Å². The van der Waals surface area contributed by atoms with Crippen molar-refractivity contribution in [1.82, 2.24) is 0 Å². The molecule has 0 spiro atoms. The average molecular weight is 218 g/mol. The molecule has 2 rings (SSSR count). The Morgan fingerprint density at radius 3 is 2.67 bits per heavy atom. The summed E-state index contributed by atoms with van der Waals surface area (Å²) in [5.41, 5.74) is 2.21. The van der Waals surface area contributed by atoms with Crippen molar-refractivity contribution >= 4 is 17.3 Å². The van der Waals surface area contributed by atoms with Crippen molar-refractivity contribution in [2.24, 2.45) is 0 Å². The maximum Gasteiger partial charge on any atom is 0.335 e. The van der Waals surface area contributed by atoms with E-state index in [4.69, 9.17) is 5.11 Å². The minimum Gasteiger partial charge on any atom is -0.478 e. The van der Waals surface area contributed by atoms with E-state index in [-0.39, 0.29) is 0 Å². The van der Waals surface area contributed by atoms with Gasteiger partial charge in [-0.2, -0.15) is 0 Å². The molecule has 3 heteroatoms. The fraction of sp³-hybridized carbons (Fsp3) is 0.0833. The number of aromatic carboxylic acids is 1.